The third-order valence-corrected chi connectivity index (χ3v) is 3.70. The lowest BCUT2D eigenvalue weighted by molar-refractivity contribution is 0.101. The minimum atomic E-state index is -0.346. The van der Waals surface area contributed by atoms with E-state index in [0.717, 1.165) is 18.5 Å². The van der Waals surface area contributed by atoms with Gasteiger partial charge in [-0.05, 0) is 30.5 Å². The lowest BCUT2D eigenvalue weighted by atomic mass is 10.2. The van der Waals surface area contributed by atoms with Crippen molar-refractivity contribution < 1.29 is 10.2 Å². The highest BCUT2D eigenvalue weighted by molar-refractivity contribution is 6.42. The summed E-state index contributed by atoms with van der Waals surface area (Å²) in [5.41, 5.74) is 1.05. The zero-order valence-electron chi connectivity index (χ0n) is 11.1. The molecule has 1 aromatic carbocycles. The number of nitrogens with zero attached hydrogens (tertiary/aromatic N) is 1. The van der Waals surface area contributed by atoms with Gasteiger partial charge >= 0.3 is 0 Å². The Balaban J connectivity index is 2.66. The standard InChI is InChI=1S/C14H21Cl2NO2/c1-2-12(19)10-17(6-3-7-18)9-11-4-5-13(15)14(16)8-11/h4-5,8,12,18-19H,2-3,6-7,9-10H2,1H3. The lowest BCUT2D eigenvalue weighted by Crippen LogP contribution is -2.33. The van der Waals surface area contributed by atoms with Crippen molar-refractivity contribution in [2.24, 2.45) is 0 Å². The van der Waals surface area contributed by atoms with Gasteiger partial charge in [-0.15, -0.1) is 0 Å². The Bertz CT molecular complexity index is 388. The van der Waals surface area contributed by atoms with Crippen LogP contribution in [0, 0.1) is 0 Å². The van der Waals surface area contributed by atoms with Gasteiger partial charge in [0.2, 0.25) is 0 Å². The maximum atomic E-state index is 9.75. The molecule has 0 bridgehead atoms. The van der Waals surface area contributed by atoms with Crippen molar-refractivity contribution in [2.45, 2.75) is 32.4 Å². The Morgan fingerprint density at radius 2 is 2.00 bits per heavy atom. The third-order valence-electron chi connectivity index (χ3n) is 2.96. The molecule has 0 heterocycles. The van der Waals surface area contributed by atoms with Gasteiger partial charge < -0.3 is 10.2 Å². The molecule has 0 fully saturated rings. The molecule has 1 aromatic rings. The van der Waals surface area contributed by atoms with E-state index in [2.05, 4.69) is 4.90 Å². The van der Waals surface area contributed by atoms with Crippen LogP contribution >= 0.6 is 23.2 Å². The maximum absolute atomic E-state index is 9.75. The van der Waals surface area contributed by atoms with Gasteiger partial charge in [0.1, 0.15) is 0 Å². The molecule has 1 atom stereocenters. The zero-order chi connectivity index (χ0) is 14.3. The first-order chi connectivity index (χ1) is 9.06. The minimum absolute atomic E-state index is 0.153. The first-order valence-corrected chi connectivity index (χ1v) is 7.27. The number of hydrogen-bond donors (Lipinski definition) is 2. The van der Waals surface area contributed by atoms with Crippen LogP contribution < -0.4 is 0 Å². The van der Waals surface area contributed by atoms with Gasteiger partial charge in [0.25, 0.3) is 0 Å². The molecule has 0 spiro atoms. The average molecular weight is 306 g/mol. The van der Waals surface area contributed by atoms with E-state index < -0.39 is 0 Å². The predicted molar refractivity (Wildman–Crippen MR) is 79.7 cm³/mol. The molecule has 1 rings (SSSR count). The molecule has 0 aromatic heterocycles. The molecule has 19 heavy (non-hydrogen) atoms. The first kappa shape index (κ1) is 16.7. The van der Waals surface area contributed by atoms with Crippen molar-refractivity contribution in [3.8, 4) is 0 Å². The van der Waals surface area contributed by atoms with Crippen molar-refractivity contribution in [2.75, 3.05) is 19.7 Å². The molecule has 2 N–H and O–H groups in total. The highest BCUT2D eigenvalue weighted by Crippen LogP contribution is 2.23. The molecular weight excluding hydrogens is 285 g/mol. The fourth-order valence-corrected chi connectivity index (χ4v) is 2.17. The number of aliphatic hydroxyl groups excluding tert-OH is 2. The van der Waals surface area contributed by atoms with Crippen LogP contribution in [0.2, 0.25) is 10.0 Å². The van der Waals surface area contributed by atoms with Crippen molar-refractivity contribution in [3.63, 3.8) is 0 Å². The van der Waals surface area contributed by atoms with E-state index >= 15 is 0 Å². The number of aliphatic hydroxyl groups is 2. The van der Waals surface area contributed by atoms with Crippen LogP contribution in [-0.4, -0.2) is 40.9 Å². The zero-order valence-corrected chi connectivity index (χ0v) is 12.7. The first-order valence-electron chi connectivity index (χ1n) is 6.52. The van der Waals surface area contributed by atoms with E-state index in [4.69, 9.17) is 28.3 Å². The van der Waals surface area contributed by atoms with Crippen LogP contribution in [0.4, 0.5) is 0 Å². The van der Waals surface area contributed by atoms with Crippen molar-refractivity contribution in [1.82, 2.24) is 4.90 Å². The summed E-state index contributed by atoms with van der Waals surface area (Å²) in [6.45, 7) is 4.13. The van der Waals surface area contributed by atoms with Gasteiger partial charge in [-0.2, -0.15) is 0 Å². The van der Waals surface area contributed by atoms with E-state index in [1.165, 1.54) is 0 Å². The van der Waals surface area contributed by atoms with Crippen LogP contribution in [0.3, 0.4) is 0 Å². The Labute approximate surface area is 124 Å². The van der Waals surface area contributed by atoms with Crippen molar-refractivity contribution in [3.05, 3.63) is 33.8 Å². The van der Waals surface area contributed by atoms with Gasteiger partial charge in [0.15, 0.2) is 0 Å². The summed E-state index contributed by atoms with van der Waals surface area (Å²) >= 11 is 11.9. The SMILES string of the molecule is CCC(O)CN(CCCO)Cc1ccc(Cl)c(Cl)c1. The van der Waals surface area contributed by atoms with E-state index in [0.29, 0.717) is 29.6 Å². The molecule has 0 aliphatic carbocycles. The molecule has 0 aliphatic heterocycles. The minimum Gasteiger partial charge on any atom is -0.396 e. The molecule has 0 aliphatic rings. The van der Waals surface area contributed by atoms with Crippen molar-refractivity contribution >= 4 is 23.2 Å². The second kappa shape index (κ2) is 8.77. The Hall–Kier alpha value is -0.320. The van der Waals surface area contributed by atoms with Gasteiger partial charge in [0, 0.05) is 26.2 Å². The molecule has 0 radical (unpaired) electrons. The fourth-order valence-electron chi connectivity index (χ4n) is 1.85. The summed E-state index contributed by atoms with van der Waals surface area (Å²) in [5.74, 6) is 0. The molecular formula is C14H21Cl2NO2. The van der Waals surface area contributed by atoms with Crippen LogP contribution in [0.15, 0.2) is 18.2 Å². The highest BCUT2D eigenvalue weighted by Gasteiger charge is 2.11. The summed E-state index contributed by atoms with van der Waals surface area (Å²) in [4.78, 5) is 2.12. The highest BCUT2D eigenvalue weighted by atomic mass is 35.5. The van der Waals surface area contributed by atoms with Crippen LogP contribution in [0.1, 0.15) is 25.3 Å². The van der Waals surface area contributed by atoms with Gasteiger partial charge in [-0.25, -0.2) is 0 Å². The maximum Gasteiger partial charge on any atom is 0.0664 e. The molecule has 0 saturated heterocycles. The number of halogens is 2. The van der Waals surface area contributed by atoms with E-state index in [-0.39, 0.29) is 12.7 Å². The smallest absolute Gasteiger partial charge is 0.0664 e. The summed E-state index contributed by atoms with van der Waals surface area (Å²) < 4.78 is 0. The number of rotatable bonds is 8. The third kappa shape index (κ3) is 6.11. The van der Waals surface area contributed by atoms with Crippen LogP contribution in [0.25, 0.3) is 0 Å². The van der Waals surface area contributed by atoms with Gasteiger partial charge in [-0.3, -0.25) is 4.90 Å². The molecule has 0 saturated carbocycles. The largest absolute Gasteiger partial charge is 0.396 e. The molecule has 1 unspecified atom stereocenters. The monoisotopic (exact) mass is 305 g/mol. The number of benzene rings is 1. The van der Waals surface area contributed by atoms with E-state index in [1.54, 1.807) is 6.07 Å². The molecule has 108 valence electrons. The van der Waals surface area contributed by atoms with Crippen molar-refractivity contribution in [1.29, 1.82) is 0 Å². The predicted octanol–water partition coefficient (Wildman–Crippen LogP) is 2.95. The molecule has 5 heteroatoms. The van der Waals surface area contributed by atoms with Crippen LogP contribution in [-0.2, 0) is 6.54 Å². The lowest BCUT2D eigenvalue weighted by Gasteiger charge is -2.24. The van der Waals surface area contributed by atoms with E-state index in [9.17, 15) is 5.11 Å². The quantitative estimate of drug-likeness (QED) is 0.776. The Morgan fingerprint density at radius 3 is 2.58 bits per heavy atom. The topological polar surface area (TPSA) is 43.7 Å². The van der Waals surface area contributed by atoms with E-state index in [1.807, 2.05) is 19.1 Å². The summed E-state index contributed by atoms with van der Waals surface area (Å²) in [6, 6.07) is 5.55. The molecule has 3 nitrogen and oxygen atoms in total. The summed E-state index contributed by atoms with van der Waals surface area (Å²) in [6.07, 6.45) is 1.07. The fraction of sp³-hybridized carbons (Fsp3) is 0.571. The van der Waals surface area contributed by atoms with Gasteiger partial charge in [-0.1, -0.05) is 36.2 Å². The number of hydrogen-bond acceptors (Lipinski definition) is 3. The second-order valence-corrected chi connectivity index (χ2v) is 5.44. The molecule has 0 amide bonds. The van der Waals surface area contributed by atoms with Crippen LogP contribution in [0.5, 0.6) is 0 Å². The normalized spacial score (nSPS) is 12.9. The Morgan fingerprint density at radius 1 is 1.26 bits per heavy atom. The second-order valence-electron chi connectivity index (χ2n) is 4.62. The summed E-state index contributed by atoms with van der Waals surface area (Å²) in [7, 11) is 0. The Kier molecular flexibility index (Phi) is 7.73. The van der Waals surface area contributed by atoms with Gasteiger partial charge in [0.05, 0.1) is 16.1 Å². The average Bonchev–Trinajstić information content (AvgIpc) is 2.40. The summed E-state index contributed by atoms with van der Waals surface area (Å²) in [5, 5.41) is 19.8.